The molecular formula is C15H18O3. The van der Waals surface area contributed by atoms with Gasteiger partial charge in [-0.3, -0.25) is 4.79 Å². The van der Waals surface area contributed by atoms with Crippen molar-refractivity contribution in [1.82, 2.24) is 0 Å². The van der Waals surface area contributed by atoms with Crippen LogP contribution in [0.2, 0.25) is 0 Å². The fraction of sp³-hybridized carbons (Fsp3) is 0.533. The van der Waals surface area contributed by atoms with Crippen molar-refractivity contribution >= 4 is 5.78 Å². The fourth-order valence-electron chi connectivity index (χ4n) is 3.61. The van der Waals surface area contributed by atoms with Crippen LogP contribution in [0.4, 0.5) is 0 Å². The molecule has 1 heterocycles. The minimum atomic E-state index is -0.104. The van der Waals surface area contributed by atoms with E-state index in [1.807, 2.05) is 6.92 Å². The van der Waals surface area contributed by atoms with E-state index in [-0.39, 0.29) is 17.6 Å². The van der Waals surface area contributed by atoms with Crippen molar-refractivity contribution in [2.24, 2.45) is 5.92 Å². The van der Waals surface area contributed by atoms with E-state index < -0.39 is 0 Å². The van der Waals surface area contributed by atoms with E-state index in [1.54, 1.807) is 0 Å². The predicted octanol–water partition coefficient (Wildman–Crippen LogP) is 3.71. The average Bonchev–Trinajstić information content (AvgIpc) is 2.63. The molecule has 18 heavy (non-hydrogen) atoms. The number of ketones is 1. The van der Waals surface area contributed by atoms with Crippen LogP contribution in [0.15, 0.2) is 15.6 Å². The van der Waals surface area contributed by atoms with E-state index in [4.69, 9.17) is 4.42 Å². The van der Waals surface area contributed by atoms with Gasteiger partial charge >= 0.3 is 0 Å². The van der Waals surface area contributed by atoms with Gasteiger partial charge in [0.25, 0.3) is 5.95 Å². The summed E-state index contributed by atoms with van der Waals surface area (Å²) in [5.41, 5.74) is 3.81. The van der Waals surface area contributed by atoms with Crippen molar-refractivity contribution in [3.8, 4) is 5.95 Å². The van der Waals surface area contributed by atoms with Crippen molar-refractivity contribution in [2.75, 3.05) is 0 Å². The molecule has 2 aliphatic rings. The Morgan fingerprint density at radius 2 is 2.06 bits per heavy atom. The predicted molar refractivity (Wildman–Crippen MR) is 67.9 cm³/mol. The summed E-state index contributed by atoms with van der Waals surface area (Å²) in [4.78, 5) is 12.4. The van der Waals surface area contributed by atoms with Crippen LogP contribution in [0.25, 0.3) is 0 Å². The second kappa shape index (κ2) is 3.74. The third kappa shape index (κ3) is 1.33. The molecule has 3 rings (SSSR count). The molecule has 0 amide bonds. The lowest BCUT2D eigenvalue weighted by molar-refractivity contribution is 0.0982. The van der Waals surface area contributed by atoms with Gasteiger partial charge in [-0.15, -0.1) is 0 Å². The molecule has 1 aromatic heterocycles. The van der Waals surface area contributed by atoms with E-state index in [2.05, 4.69) is 13.8 Å². The Bertz CT molecular complexity index is 563. The van der Waals surface area contributed by atoms with Gasteiger partial charge in [-0.25, -0.2) is 0 Å². The summed E-state index contributed by atoms with van der Waals surface area (Å²) in [6, 6.07) is 0. The molecule has 0 fully saturated rings. The van der Waals surface area contributed by atoms with Gasteiger partial charge in [0.2, 0.25) is 5.78 Å². The topological polar surface area (TPSA) is 50.4 Å². The highest BCUT2D eigenvalue weighted by molar-refractivity contribution is 6.10. The Morgan fingerprint density at radius 3 is 2.78 bits per heavy atom. The number of furan rings is 1. The van der Waals surface area contributed by atoms with Gasteiger partial charge in [0.15, 0.2) is 5.76 Å². The van der Waals surface area contributed by atoms with Crippen LogP contribution >= 0.6 is 0 Å². The van der Waals surface area contributed by atoms with Gasteiger partial charge < -0.3 is 9.52 Å². The van der Waals surface area contributed by atoms with E-state index in [0.717, 1.165) is 36.0 Å². The highest BCUT2D eigenvalue weighted by Crippen LogP contribution is 2.48. The Hall–Kier alpha value is -1.51. The molecule has 1 N–H and O–H groups in total. The molecule has 0 radical (unpaired) electrons. The lowest BCUT2D eigenvalue weighted by Gasteiger charge is -2.33. The number of rotatable bonds is 0. The van der Waals surface area contributed by atoms with Crippen LogP contribution < -0.4 is 0 Å². The lowest BCUT2D eigenvalue weighted by atomic mass is 9.70. The highest BCUT2D eigenvalue weighted by atomic mass is 16.5. The molecule has 0 aliphatic heterocycles. The molecule has 0 unspecified atom stereocenters. The molecular weight excluding hydrogens is 228 g/mol. The molecule has 3 nitrogen and oxygen atoms in total. The van der Waals surface area contributed by atoms with E-state index in [1.165, 1.54) is 5.57 Å². The fourth-order valence-corrected chi connectivity index (χ4v) is 3.61. The minimum Gasteiger partial charge on any atom is -0.480 e. The molecule has 1 aromatic rings. The van der Waals surface area contributed by atoms with Gasteiger partial charge in [0, 0.05) is 22.6 Å². The first-order chi connectivity index (χ1) is 8.52. The molecule has 0 spiro atoms. The van der Waals surface area contributed by atoms with Gasteiger partial charge in [0.1, 0.15) is 0 Å². The number of fused-ring (bicyclic) bond motifs is 1. The Morgan fingerprint density at radius 1 is 1.33 bits per heavy atom. The second-order valence-corrected chi connectivity index (χ2v) is 5.55. The SMILES string of the molecule is Cc1c(O)oc2c1[C@H](C)C1=C(CCC[C@@H]1C)C2=O. The molecule has 0 saturated heterocycles. The quantitative estimate of drug-likeness (QED) is 0.759. The third-order valence-electron chi connectivity index (χ3n) is 4.49. The number of hydrogen-bond acceptors (Lipinski definition) is 3. The Balaban J connectivity index is 2.22. The Kier molecular flexibility index (Phi) is 2.40. The van der Waals surface area contributed by atoms with E-state index >= 15 is 0 Å². The maximum absolute atomic E-state index is 12.4. The van der Waals surface area contributed by atoms with Gasteiger partial charge in [0.05, 0.1) is 0 Å². The van der Waals surface area contributed by atoms with Crippen LogP contribution in [0.5, 0.6) is 5.95 Å². The summed E-state index contributed by atoms with van der Waals surface area (Å²) >= 11 is 0. The number of carbonyl (C=O) groups excluding carboxylic acids is 1. The number of hydrogen-bond donors (Lipinski definition) is 1. The van der Waals surface area contributed by atoms with Gasteiger partial charge in [-0.2, -0.15) is 0 Å². The van der Waals surface area contributed by atoms with Crippen molar-refractivity contribution in [2.45, 2.75) is 46.0 Å². The van der Waals surface area contributed by atoms with E-state index in [0.29, 0.717) is 11.7 Å². The van der Waals surface area contributed by atoms with Gasteiger partial charge in [-0.05, 0) is 32.1 Å². The van der Waals surface area contributed by atoms with Crippen LogP contribution in [0.3, 0.4) is 0 Å². The second-order valence-electron chi connectivity index (χ2n) is 5.55. The zero-order chi connectivity index (χ0) is 13.0. The first-order valence-corrected chi connectivity index (χ1v) is 6.62. The molecule has 2 aliphatic carbocycles. The van der Waals surface area contributed by atoms with Crippen LogP contribution in [-0.2, 0) is 0 Å². The smallest absolute Gasteiger partial charge is 0.285 e. The largest absolute Gasteiger partial charge is 0.480 e. The molecule has 3 heteroatoms. The maximum Gasteiger partial charge on any atom is 0.285 e. The normalized spacial score (nSPS) is 27.2. The number of allylic oxidation sites excluding steroid dienone is 2. The molecule has 2 atom stereocenters. The Labute approximate surface area is 106 Å². The highest BCUT2D eigenvalue weighted by Gasteiger charge is 2.39. The van der Waals surface area contributed by atoms with E-state index in [9.17, 15) is 9.90 Å². The van der Waals surface area contributed by atoms with Gasteiger partial charge in [-0.1, -0.05) is 19.4 Å². The average molecular weight is 246 g/mol. The molecule has 0 aromatic carbocycles. The standard InChI is InChI=1S/C15H18O3/c1-7-5-4-6-10-11(7)8(2)12-9(3)15(17)18-14(12)13(10)16/h7-8,17H,4-6H2,1-3H3/t7-,8+/m0/s1. The monoisotopic (exact) mass is 246 g/mol. The van der Waals surface area contributed by atoms with Crippen LogP contribution in [0, 0.1) is 12.8 Å². The zero-order valence-corrected chi connectivity index (χ0v) is 11.0. The lowest BCUT2D eigenvalue weighted by Crippen LogP contribution is -2.25. The summed E-state index contributed by atoms with van der Waals surface area (Å²) < 4.78 is 5.28. The summed E-state index contributed by atoms with van der Waals surface area (Å²) in [6.45, 7) is 6.13. The summed E-state index contributed by atoms with van der Waals surface area (Å²) in [7, 11) is 0. The maximum atomic E-state index is 12.4. The zero-order valence-electron chi connectivity index (χ0n) is 11.0. The molecule has 0 saturated carbocycles. The number of Topliss-reactive ketones (excluding diaryl/α,β-unsaturated/α-hetero) is 1. The van der Waals surface area contributed by atoms with Crippen LogP contribution in [-0.4, -0.2) is 10.9 Å². The minimum absolute atomic E-state index is 0.00644. The third-order valence-corrected chi connectivity index (χ3v) is 4.49. The number of aromatic hydroxyl groups is 1. The van der Waals surface area contributed by atoms with Crippen molar-refractivity contribution < 1.29 is 14.3 Å². The number of carbonyl (C=O) groups is 1. The van der Waals surface area contributed by atoms with Crippen molar-refractivity contribution in [1.29, 1.82) is 0 Å². The van der Waals surface area contributed by atoms with Crippen molar-refractivity contribution in [3.05, 3.63) is 28.0 Å². The first kappa shape index (κ1) is 11.6. The summed E-state index contributed by atoms with van der Waals surface area (Å²) in [5, 5.41) is 9.71. The van der Waals surface area contributed by atoms with Crippen molar-refractivity contribution in [3.63, 3.8) is 0 Å². The first-order valence-electron chi connectivity index (χ1n) is 6.62. The summed E-state index contributed by atoms with van der Waals surface area (Å²) in [6.07, 6.45) is 3.07. The molecule has 0 bridgehead atoms. The molecule has 96 valence electrons. The summed E-state index contributed by atoms with van der Waals surface area (Å²) in [5.74, 6) is 0.899. The van der Waals surface area contributed by atoms with Crippen LogP contribution in [0.1, 0.15) is 60.7 Å².